The molecular formula is C16H23N3O. The van der Waals surface area contributed by atoms with Gasteiger partial charge in [-0.15, -0.1) is 0 Å². The molecule has 0 spiro atoms. The number of benzene rings is 1. The van der Waals surface area contributed by atoms with Gasteiger partial charge in [-0.2, -0.15) is 0 Å². The van der Waals surface area contributed by atoms with E-state index < -0.39 is 0 Å². The van der Waals surface area contributed by atoms with Crippen LogP contribution >= 0.6 is 0 Å². The molecule has 2 fully saturated rings. The number of nitrogens with one attached hydrogen (secondary N) is 2. The van der Waals surface area contributed by atoms with Crippen LogP contribution in [0.4, 0.5) is 10.5 Å². The Morgan fingerprint density at radius 3 is 2.90 bits per heavy atom. The fourth-order valence-corrected chi connectivity index (χ4v) is 3.80. The standard InChI is InChI=1S/C16H23N3O/c17-9-12-2-1-3-15(8-12)19-16(20)18-10-14-7-11-4-5-13(14)6-11/h1-3,8,11,13-14H,4-7,9-10,17H2,(H2,18,19,20). The topological polar surface area (TPSA) is 67.1 Å². The van der Waals surface area contributed by atoms with E-state index in [2.05, 4.69) is 10.6 Å². The quantitative estimate of drug-likeness (QED) is 0.789. The molecule has 3 rings (SSSR count). The maximum absolute atomic E-state index is 11.9. The average molecular weight is 273 g/mol. The van der Waals surface area contributed by atoms with Gasteiger partial charge in [0.05, 0.1) is 0 Å². The van der Waals surface area contributed by atoms with Gasteiger partial charge in [0.25, 0.3) is 0 Å². The summed E-state index contributed by atoms with van der Waals surface area (Å²) in [6.45, 7) is 1.30. The third-order valence-corrected chi connectivity index (χ3v) is 4.83. The van der Waals surface area contributed by atoms with Crippen LogP contribution < -0.4 is 16.4 Å². The molecule has 0 saturated heterocycles. The molecule has 3 unspecified atom stereocenters. The lowest BCUT2D eigenvalue weighted by atomic mass is 9.89. The van der Waals surface area contributed by atoms with Crippen LogP contribution in [0.25, 0.3) is 0 Å². The normalized spacial score (nSPS) is 27.6. The van der Waals surface area contributed by atoms with E-state index in [-0.39, 0.29) is 6.03 Å². The zero-order valence-corrected chi connectivity index (χ0v) is 11.8. The van der Waals surface area contributed by atoms with Crippen molar-refractivity contribution < 1.29 is 4.79 Å². The summed E-state index contributed by atoms with van der Waals surface area (Å²) in [6, 6.07) is 7.56. The predicted molar refractivity (Wildman–Crippen MR) is 80.3 cm³/mol. The van der Waals surface area contributed by atoms with Gasteiger partial charge in [0.15, 0.2) is 0 Å². The molecule has 0 heterocycles. The van der Waals surface area contributed by atoms with Crippen molar-refractivity contribution in [1.82, 2.24) is 5.32 Å². The number of anilines is 1. The molecule has 0 radical (unpaired) electrons. The Morgan fingerprint density at radius 1 is 1.30 bits per heavy atom. The molecule has 4 heteroatoms. The van der Waals surface area contributed by atoms with Crippen LogP contribution in [-0.4, -0.2) is 12.6 Å². The van der Waals surface area contributed by atoms with E-state index in [1.165, 1.54) is 25.7 Å². The van der Waals surface area contributed by atoms with Gasteiger partial charge in [-0.05, 0) is 54.7 Å². The summed E-state index contributed by atoms with van der Waals surface area (Å²) in [4.78, 5) is 11.9. The van der Waals surface area contributed by atoms with E-state index >= 15 is 0 Å². The predicted octanol–water partition coefficient (Wildman–Crippen LogP) is 2.70. The van der Waals surface area contributed by atoms with E-state index in [0.29, 0.717) is 12.5 Å². The van der Waals surface area contributed by atoms with Crippen molar-refractivity contribution in [2.45, 2.75) is 32.2 Å². The summed E-state index contributed by atoms with van der Waals surface area (Å²) in [7, 11) is 0. The van der Waals surface area contributed by atoms with E-state index in [0.717, 1.165) is 29.6 Å². The van der Waals surface area contributed by atoms with Gasteiger partial charge in [-0.3, -0.25) is 0 Å². The fourth-order valence-electron chi connectivity index (χ4n) is 3.80. The van der Waals surface area contributed by atoms with Crippen molar-refractivity contribution in [3.8, 4) is 0 Å². The van der Waals surface area contributed by atoms with Crippen LogP contribution in [0.5, 0.6) is 0 Å². The Hall–Kier alpha value is -1.55. The Kier molecular flexibility index (Phi) is 3.92. The lowest BCUT2D eigenvalue weighted by molar-refractivity contribution is 0.245. The van der Waals surface area contributed by atoms with Crippen LogP contribution in [-0.2, 0) is 6.54 Å². The molecule has 1 aromatic rings. The van der Waals surface area contributed by atoms with Crippen molar-refractivity contribution in [3.05, 3.63) is 29.8 Å². The maximum Gasteiger partial charge on any atom is 0.319 e. The number of carbonyl (C=O) groups excluding carboxylic acids is 1. The minimum atomic E-state index is -0.109. The monoisotopic (exact) mass is 273 g/mol. The molecular weight excluding hydrogens is 250 g/mol. The smallest absolute Gasteiger partial charge is 0.319 e. The highest BCUT2D eigenvalue weighted by Crippen LogP contribution is 2.47. The van der Waals surface area contributed by atoms with Gasteiger partial charge in [0.2, 0.25) is 0 Å². The molecule has 0 aromatic heterocycles. The SMILES string of the molecule is NCc1cccc(NC(=O)NCC2CC3CCC2C3)c1. The summed E-state index contributed by atoms with van der Waals surface area (Å²) >= 11 is 0. The average Bonchev–Trinajstić information content (AvgIpc) is 3.08. The lowest BCUT2D eigenvalue weighted by Gasteiger charge is -2.21. The second-order valence-electron chi connectivity index (χ2n) is 6.17. The zero-order chi connectivity index (χ0) is 13.9. The Labute approximate surface area is 120 Å². The largest absolute Gasteiger partial charge is 0.338 e. The first kappa shape index (κ1) is 13.4. The molecule has 4 nitrogen and oxygen atoms in total. The molecule has 3 atom stereocenters. The Balaban J connectivity index is 1.47. The highest BCUT2D eigenvalue weighted by molar-refractivity contribution is 5.89. The summed E-state index contributed by atoms with van der Waals surface area (Å²) < 4.78 is 0. The number of nitrogens with two attached hydrogens (primary N) is 1. The van der Waals surface area contributed by atoms with E-state index in [1.807, 2.05) is 24.3 Å². The lowest BCUT2D eigenvalue weighted by Crippen LogP contribution is -2.34. The van der Waals surface area contributed by atoms with Crippen molar-refractivity contribution in [2.75, 3.05) is 11.9 Å². The third-order valence-electron chi connectivity index (χ3n) is 4.83. The van der Waals surface area contributed by atoms with Crippen LogP contribution in [0.15, 0.2) is 24.3 Å². The van der Waals surface area contributed by atoms with Gasteiger partial charge in [-0.1, -0.05) is 18.6 Å². The highest BCUT2D eigenvalue weighted by Gasteiger charge is 2.39. The summed E-state index contributed by atoms with van der Waals surface area (Å²) in [5, 5.41) is 5.89. The number of carbonyl (C=O) groups is 1. The molecule has 2 saturated carbocycles. The molecule has 4 N–H and O–H groups in total. The minimum Gasteiger partial charge on any atom is -0.338 e. The van der Waals surface area contributed by atoms with E-state index in [4.69, 9.17) is 5.73 Å². The second kappa shape index (κ2) is 5.83. The van der Waals surface area contributed by atoms with Gasteiger partial charge in [0.1, 0.15) is 0 Å². The van der Waals surface area contributed by atoms with Crippen LogP contribution in [0.3, 0.4) is 0 Å². The number of hydrogen-bond acceptors (Lipinski definition) is 2. The van der Waals surface area contributed by atoms with Gasteiger partial charge in [-0.25, -0.2) is 4.79 Å². The molecule has 2 aliphatic carbocycles. The molecule has 2 bridgehead atoms. The second-order valence-corrected chi connectivity index (χ2v) is 6.17. The zero-order valence-electron chi connectivity index (χ0n) is 11.8. The van der Waals surface area contributed by atoms with Crippen molar-refractivity contribution in [1.29, 1.82) is 0 Å². The molecule has 0 aliphatic heterocycles. The van der Waals surface area contributed by atoms with Gasteiger partial charge < -0.3 is 16.4 Å². The minimum absolute atomic E-state index is 0.109. The molecule has 2 amide bonds. The van der Waals surface area contributed by atoms with E-state index in [1.54, 1.807) is 0 Å². The first-order valence-electron chi connectivity index (χ1n) is 7.58. The fraction of sp³-hybridized carbons (Fsp3) is 0.562. The maximum atomic E-state index is 11.9. The molecule has 108 valence electrons. The van der Waals surface area contributed by atoms with E-state index in [9.17, 15) is 4.79 Å². The highest BCUT2D eigenvalue weighted by atomic mass is 16.2. The number of fused-ring (bicyclic) bond motifs is 2. The summed E-state index contributed by atoms with van der Waals surface area (Å²) in [6.07, 6.45) is 5.44. The summed E-state index contributed by atoms with van der Waals surface area (Å²) in [5.74, 6) is 2.46. The van der Waals surface area contributed by atoms with Crippen LogP contribution in [0.2, 0.25) is 0 Å². The Bertz CT molecular complexity index is 488. The number of urea groups is 1. The van der Waals surface area contributed by atoms with Crippen LogP contribution in [0.1, 0.15) is 31.2 Å². The van der Waals surface area contributed by atoms with Crippen molar-refractivity contribution in [3.63, 3.8) is 0 Å². The summed E-state index contributed by atoms with van der Waals surface area (Å²) in [5.41, 5.74) is 7.43. The van der Waals surface area contributed by atoms with Crippen molar-refractivity contribution >= 4 is 11.7 Å². The Morgan fingerprint density at radius 2 is 2.20 bits per heavy atom. The number of amides is 2. The van der Waals surface area contributed by atoms with Gasteiger partial charge in [0, 0.05) is 18.8 Å². The number of rotatable bonds is 4. The first-order valence-corrected chi connectivity index (χ1v) is 7.58. The molecule has 2 aliphatic rings. The van der Waals surface area contributed by atoms with Gasteiger partial charge >= 0.3 is 6.03 Å². The van der Waals surface area contributed by atoms with Crippen LogP contribution in [0, 0.1) is 17.8 Å². The first-order chi connectivity index (χ1) is 9.74. The molecule has 1 aromatic carbocycles. The molecule has 20 heavy (non-hydrogen) atoms. The van der Waals surface area contributed by atoms with Crippen molar-refractivity contribution in [2.24, 2.45) is 23.5 Å². The number of hydrogen-bond donors (Lipinski definition) is 3. The third kappa shape index (κ3) is 2.96.